The Morgan fingerprint density at radius 2 is 1.95 bits per heavy atom. The lowest BCUT2D eigenvalue weighted by molar-refractivity contribution is -0.118. The summed E-state index contributed by atoms with van der Waals surface area (Å²) in [4.78, 5) is 25.9. The largest absolute Gasteiger partial charge is 0.489 e. The van der Waals surface area contributed by atoms with E-state index >= 15 is 0 Å². The minimum absolute atomic E-state index is 0.0768. The van der Waals surface area contributed by atoms with Crippen molar-refractivity contribution in [2.75, 3.05) is 4.90 Å². The number of rotatable bonds is 7. The van der Waals surface area contributed by atoms with Crippen molar-refractivity contribution in [3.05, 3.63) is 93.7 Å². The molecule has 1 aromatic heterocycles. The highest BCUT2D eigenvalue weighted by Gasteiger charge is 2.34. The Morgan fingerprint density at radius 3 is 2.71 bits per heavy atom. The third kappa shape index (κ3) is 4.43. The van der Waals surface area contributed by atoms with E-state index in [1.807, 2.05) is 43.3 Å². The lowest BCUT2D eigenvalue weighted by Crippen LogP contribution is -2.30. The molecule has 0 unspecified atom stereocenters. The summed E-state index contributed by atoms with van der Waals surface area (Å²) < 4.78 is 12.1. The van der Waals surface area contributed by atoms with Gasteiger partial charge in [-0.2, -0.15) is 0 Å². The second kappa shape index (κ2) is 9.65. The number of anilines is 2. The Bertz CT molecular complexity index is 1550. The lowest BCUT2D eigenvalue weighted by atomic mass is 9.99. The number of carboxylic acid groups (broad SMARTS) is 1. The molecule has 0 spiro atoms. The summed E-state index contributed by atoms with van der Waals surface area (Å²) in [5.41, 5.74) is 5.83. The van der Waals surface area contributed by atoms with Crippen molar-refractivity contribution in [1.29, 1.82) is 0 Å². The molecule has 0 saturated heterocycles. The molecular formula is C30H25ClN2O5. The quantitative estimate of drug-likeness (QED) is 0.276. The molecule has 6 rings (SSSR count). The summed E-state index contributed by atoms with van der Waals surface area (Å²) in [7, 11) is 0. The highest BCUT2D eigenvalue weighted by Crippen LogP contribution is 2.45. The van der Waals surface area contributed by atoms with Gasteiger partial charge >= 0.3 is 5.97 Å². The molecule has 38 heavy (non-hydrogen) atoms. The van der Waals surface area contributed by atoms with E-state index in [1.165, 1.54) is 12.1 Å². The fraction of sp³-hybridized carbons (Fsp3) is 0.233. The van der Waals surface area contributed by atoms with Crippen molar-refractivity contribution in [2.24, 2.45) is 0 Å². The summed E-state index contributed by atoms with van der Waals surface area (Å²) in [6.07, 6.45) is 3.02. The molecule has 7 nitrogen and oxygen atoms in total. The summed E-state index contributed by atoms with van der Waals surface area (Å²) >= 11 is 6.55. The van der Waals surface area contributed by atoms with Crippen molar-refractivity contribution in [2.45, 2.75) is 45.1 Å². The van der Waals surface area contributed by atoms with Gasteiger partial charge in [-0.1, -0.05) is 35.0 Å². The van der Waals surface area contributed by atoms with Gasteiger partial charge < -0.3 is 14.4 Å². The van der Waals surface area contributed by atoms with Crippen LogP contribution in [-0.4, -0.2) is 22.1 Å². The highest BCUT2D eigenvalue weighted by molar-refractivity contribution is 6.33. The van der Waals surface area contributed by atoms with E-state index in [9.17, 15) is 14.7 Å². The smallest absolute Gasteiger partial charge is 0.335 e. The van der Waals surface area contributed by atoms with Gasteiger partial charge in [-0.3, -0.25) is 9.69 Å². The maximum absolute atomic E-state index is 12.9. The molecule has 0 atom stereocenters. The second-order valence-electron chi connectivity index (χ2n) is 9.74. The zero-order chi connectivity index (χ0) is 26.4. The number of aromatic nitrogens is 1. The zero-order valence-corrected chi connectivity index (χ0v) is 21.5. The van der Waals surface area contributed by atoms with Crippen molar-refractivity contribution in [1.82, 2.24) is 5.16 Å². The Kier molecular flexibility index (Phi) is 6.16. The number of hydrogen-bond donors (Lipinski definition) is 1. The number of benzene rings is 3. The number of halogens is 1. The fourth-order valence-corrected chi connectivity index (χ4v) is 5.34. The molecular weight excluding hydrogens is 504 g/mol. The Morgan fingerprint density at radius 1 is 1.13 bits per heavy atom. The van der Waals surface area contributed by atoms with Crippen molar-refractivity contribution in [3.63, 3.8) is 0 Å². The van der Waals surface area contributed by atoms with Crippen molar-refractivity contribution < 1.29 is 24.0 Å². The third-order valence-corrected chi connectivity index (χ3v) is 7.42. The molecule has 1 fully saturated rings. The predicted molar refractivity (Wildman–Crippen MR) is 143 cm³/mol. The van der Waals surface area contributed by atoms with Crippen LogP contribution >= 0.6 is 11.6 Å². The molecule has 8 heteroatoms. The van der Waals surface area contributed by atoms with Gasteiger partial charge in [0, 0.05) is 23.6 Å². The van der Waals surface area contributed by atoms with Crippen LogP contribution in [0, 0.1) is 6.92 Å². The molecule has 1 amide bonds. The maximum Gasteiger partial charge on any atom is 0.335 e. The number of carbonyl (C=O) groups excluding carboxylic acids is 1. The SMILES string of the molecule is Cc1cccc(Cl)c1-c1noc(C2CC2)c1COc1ccc2c(c1)CCC(=O)N2c1cccc(C(=O)O)c1. The van der Waals surface area contributed by atoms with Gasteiger partial charge in [0.1, 0.15) is 23.8 Å². The first-order chi connectivity index (χ1) is 18.4. The number of carbonyl (C=O) groups is 2. The predicted octanol–water partition coefficient (Wildman–Crippen LogP) is 7.07. The average molecular weight is 529 g/mol. The number of amides is 1. The molecule has 3 aromatic carbocycles. The minimum atomic E-state index is -1.04. The molecule has 0 radical (unpaired) electrons. The number of carboxylic acids is 1. The topological polar surface area (TPSA) is 92.9 Å². The second-order valence-corrected chi connectivity index (χ2v) is 10.2. The number of ether oxygens (including phenoxy) is 1. The molecule has 2 aliphatic rings. The van der Waals surface area contributed by atoms with Gasteiger partial charge in [0.05, 0.1) is 21.8 Å². The van der Waals surface area contributed by atoms with Crippen LogP contribution in [0.4, 0.5) is 11.4 Å². The molecule has 1 saturated carbocycles. The van der Waals surface area contributed by atoms with Crippen molar-refractivity contribution >= 4 is 34.9 Å². The van der Waals surface area contributed by atoms with E-state index < -0.39 is 5.97 Å². The number of aromatic carboxylic acids is 1. The lowest BCUT2D eigenvalue weighted by Gasteiger charge is -2.30. The number of nitrogens with zero attached hydrogens (tertiary/aromatic N) is 2. The fourth-order valence-electron chi connectivity index (χ4n) is 5.03. The highest BCUT2D eigenvalue weighted by atomic mass is 35.5. The molecule has 192 valence electrons. The summed E-state index contributed by atoms with van der Waals surface area (Å²) in [6, 6.07) is 17.8. The molecule has 0 bridgehead atoms. The van der Waals surface area contributed by atoms with Gasteiger partial charge in [0.15, 0.2) is 0 Å². The molecule has 4 aromatic rings. The Hall–Kier alpha value is -4.10. The van der Waals surface area contributed by atoms with Crippen LogP contribution in [0.15, 0.2) is 65.2 Å². The van der Waals surface area contributed by atoms with E-state index in [1.54, 1.807) is 17.0 Å². The summed E-state index contributed by atoms with van der Waals surface area (Å²) in [6.45, 7) is 2.28. The molecule has 1 aliphatic carbocycles. The first kappa shape index (κ1) is 24.2. The van der Waals surface area contributed by atoms with Gasteiger partial charge in [-0.25, -0.2) is 4.79 Å². The van der Waals surface area contributed by atoms with Crippen LogP contribution in [0.1, 0.15) is 58.0 Å². The van der Waals surface area contributed by atoms with E-state index in [0.29, 0.717) is 40.9 Å². The number of aryl methyl sites for hydroxylation is 2. The Labute approximate surface area is 224 Å². The van der Waals surface area contributed by atoms with Gasteiger partial charge in [0.2, 0.25) is 5.91 Å². The van der Waals surface area contributed by atoms with Crippen LogP contribution in [0.3, 0.4) is 0 Å². The van der Waals surface area contributed by atoms with E-state index in [2.05, 4.69) is 5.16 Å². The van der Waals surface area contributed by atoms with Crippen LogP contribution in [0.5, 0.6) is 5.75 Å². The Balaban J connectivity index is 1.30. The first-order valence-corrected chi connectivity index (χ1v) is 12.9. The monoisotopic (exact) mass is 528 g/mol. The van der Waals surface area contributed by atoms with Gasteiger partial charge in [-0.05, 0) is 79.8 Å². The van der Waals surface area contributed by atoms with Gasteiger partial charge in [0.25, 0.3) is 0 Å². The third-order valence-electron chi connectivity index (χ3n) is 7.11. The normalized spacial score (nSPS) is 14.9. The van der Waals surface area contributed by atoms with E-state index in [-0.39, 0.29) is 18.1 Å². The van der Waals surface area contributed by atoms with Crippen LogP contribution in [0.25, 0.3) is 11.3 Å². The first-order valence-electron chi connectivity index (χ1n) is 12.6. The standard InChI is InChI=1S/C30H25ClN2O5/c1-17-4-2-7-24(31)27(17)28-23(29(38-32-28)18-8-9-18)16-37-22-11-12-25-19(15-22)10-13-26(34)33(25)21-6-3-5-20(14-21)30(35)36/h2-7,11-12,14-15,18H,8-10,13,16H2,1H3,(H,35,36). The van der Waals surface area contributed by atoms with Crippen molar-refractivity contribution in [3.8, 4) is 17.0 Å². The summed E-state index contributed by atoms with van der Waals surface area (Å²) in [5, 5.41) is 14.4. The number of fused-ring (bicyclic) bond motifs is 1. The van der Waals surface area contributed by atoms with Crippen LogP contribution < -0.4 is 9.64 Å². The van der Waals surface area contributed by atoms with Gasteiger partial charge in [-0.15, -0.1) is 0 Å². The van der Waals surface area contributed by atoms with Crippen LogP contribution in [-0.2, 0) is 17.8 Å². The molecule has 2 heterocycles. The maximum atomic E-state index is 12.9. The minimum Gasteiger partial charge on any atom is -0.489 e. The summed E-state index contributed by atoms with van der Waals surface area (Å²) in [5.74, 6) is 0.759. The van der Waals surface area contributed by atoms with E-state index in [4.69, 9.17) is 20.9 Å². The molecule has 1 aliphatic heterocycles. The molecule has 1 N–H and O–H groups in total. The number of hydrogen-bond acceptors (Lipinski definition) is 5. The van der Waals surface area contributed by atoms with E-state index in [0.717, 1.165) is 46.5 Å². The zero-order valence-electron chi connectivity index (χ0n) is 20.7. The van der Waals surface area contributed by atoms with Crippen LogP contribution in [0.2, 0.25) is 5.02 Å². The average Bonchev–Trinajstić information content (AvgIpc) is 3.67.